The number of anilines is 1. The van der Waals surface area contributed by atoms with Gasteiger partial charge in [0, 0.05) is 64.4 Å². The van der Waals surface area contributed by atoms with Crippen molar-refractivity contribution in [1.29, 1.82) is 0 Å². The normalized spacial score (nSPS) is 11.3. The summed E-state index contributed by atoms with van der Waals surface area (Å²) in [6.07, 6.45) is 6.36. The lowest BCUT2D eigenvalue weighted by atomic mass is 10.3. The molecule has 0 spiro atoms. The van der Waals surface area contributed by atoms with E-state index in [2.05, 4.69) is 20.6 Å². The lowest BCUT2D eigenvalue weighted by Crippen LogP contribution is -2.33. The number of ether oxygens (including phenoxy) is 2. The summed E-state index contributed by atoms with van der Waals surface area (Å²) in [5, 5.41) is 6.53. The van der Waals surface area contributed by atoms with Crippen LogP contribution in [-0.4, -0.2) is 49.4 Å². The molecule has 1 aromatic heterocycles. The highest BCUT2D eigenvalue weighted by Crippen LogP contribution is 2.17. The van der Waals surface area contributed by atoms with Gasteiger partial charge in [0.1, 0.15) is 5.75 Å². The Balaban J connectivity index is 1.79. The minimum atomic E-state index is 0.634. The highest BCUT2D eigenvalue weighted by Gasteiger charge is 2.01. The van der Waals surface area contributed by atoms with E-state index in [0.29, 0.717) is 19.2 Å². The molecule has 2 N–H and O–H groups in total. The first-order valence-corrected chi connectivity index (χ1v) is 7.97. The molecule has 0 bridgehead atoms. The van der Waals surface area contributed by atoms with E-state index in [1.807, 2.05) is 35.0 Å². The fourth-order valence-corrected chi connectivity index (χ4v) is 2.10. The fraction of sp³-hybridized carbons (Fsp3) is 0.412. The van der Waals surface area contributed by atoms with Gasteiger partial charge in [-0.1, -0.05) is 6.07 Å². The highest BCUT2D eigenvalue weighted by molar-refractivity contribution is 5.93. The molecule has 0 amide bonds. The van der Waals surface area contributed by atoms with Crippen molar-refractivity contribution in [3.8, 4) is 5.75 Å². The summed E-state index contributed by atoms with van der Waals surface area (Å²) in [5.74, 6) is 1.54. The molecule has 0 radical (unpaired) electrons. The second kappa shape index (κ2) is 10.3. The van der Waals surface area contributed by atoms with Crippen molar-refractivity contribution >= 4 is 11.6 Å². The topological polar surface area (TPSA) is 72.7 Å². The van der Waals surface area contributed by atoms with Crippen molar-refractivity contribution in [2.75, 3.05) is 39.2 Å². The largest absolute Gasteiger partial charge is 0.493 e. The van der Waals surface area contributed by atoms with Crippen LogP contribution in [0, 0.1) is 0 Å². The molecule has 0 aliphatic carbocycles. The Morgan fingerprint density at radius 1 is 1.33 bits per heavy atom. The van der Waals surface area contributed by atoms with Crippen LogP contribution in [-0.2, 0) is 11.3 Å². The molecule has 7 heteroatoms. The van der Waals surface area contributed by atoms with Crippen LogP contribution in [0.5, 0.6) is 5.75 Å². The maximum Gasteiger partial charge on any atom is 0.195 e. The average Bonchev–Trinajstić information content (AvgIpc) is 3.12. The standard InChI is InChI=1S/C17H25N5O2/c1-18-17(20-8-10-22-9-7-19-14-22)21-15-5-3-6-16(13-15)24-12-4-11-23-2/h3,5-7,9,13-14H,4,8,10-12H2,1-2H3,(H2,18,20,21). The molecule has 1 aromatic carbocycles. The van der Waals surface area contributed by atoms with Crippen LogP contribution < -0.4 is 15.4 Å². The molecular formula is C17H25N5O2. The summed E-state index contributed by atoms with van der Waals surface area (Å²) in [5.41, 5.74) is 0.926. The molecular weight excluding hydrogens is 306 g/mol. The molecule has 1 heterocycles. The first-order chi connectivity index (χ1) is 11.8. The van der Waals surface area contributed by atoms with E-state index in [0.717, 1.165) is 30.9 Å². The van der Waals surface area contributed by atoms with Crippen LogP contribution in [0.4, 0.5) is 5.69 Å². The number of nitrogens with zero attached hydrogens (tertiary/aromatic N) is 3. The lowest BCUT2D eigenvalue weighted by Gasteiger charge is -2.13. The van der Waals surface area contributed by atoms with Crippen LogP contribution >= 0.6 is 0 Å². The third kappa shape index (κ3) is 6.29. The molecule has 24 heavy (non-hydrogen) atoms. The van der Waals surface area contributed by atoms with Crippen molar-refractivity contribution in [2.24, 2.45) is 4.99 Å². The number of rotatable bonds is 9. The third-order valence-corrected chi connectivity index (χ3v) is 3.30. The van der Waals surface area contributed by atoms with Crippen molar-refractivity contribution in [3.63, 3.8) is 0 Å². The van der Waals surface area contributed by atoms with Gasteiger partial charge in [-0.15, -0.1) is 0 Å². The molecule has 0 aliphatic heterocycles. The lowest BCUT2D eigenvalue weighted by molar-refractivity contribution is 0.172. The van der Waals surface area contributed by atoms with Gasteiger partial charge in [0.25, 0.3) is 0 Å². The Kier molecular flexibility index (Phi) is 7.62. The van der Waals surface area contributed by atoms with Gasteiger partial charge in [-0.2, -0.15) is 0 Å². The number of aliphatic imine (C=N–C) groups is 1. The van der Waals surface area contributed by atoms with E-state index in [9.17, 15) is 0 Å². The molecule has 130 valence electrons. The van der Waals surface area contributed by atoms with Crippen molar-refractivity contribution < 1.29 is 9.47 Å². The monoisotopic (exact) mass is 331 g/mol. The van der Waals surface area contributed by atoms with Crippen molar-refractivity contribution in [2.45, 2.75) is 13.0 Å². The number of aromatic nitrogens is 2. The number of hydrogen-bond donors (Lipinski definition) is 2. The Labute approximate surface area is 142 Å². The number of hydrogen-bond acceptors (Lipinski definition) is 4. The van der Waals surface area contributed by atoms with E-state index >= 15 is 0 Å². The Morgan fingerprint density at radius 2 is 2.25 bits per heavy atom. The summed E-state index contributed by atoms with van der Waals surface area (Å²) in [6, 6.07) is 7.82. The second-order valence-electron chi connectivity index (χ2n) is 5.15. The van der Waals surface area contributed by atoms with E-state index in [4.69, 9.17) is 9.47 Å². The Morgan fingerprint density at radius 3 is 3.00 bits per heavy atom. The Bertz CT molecular complexity index is 613. The molecule has 7 nitrogen and oxygen atoms in total. The van der Waals surface area contributed by atoms with Gasteiger partial charge in [0.15, 0.2) is 5.96 Å². The molecule has 0 atom stereocenters. The van der Waals surface area contributed by atoms with Crippen LogP contribution in [0.25, 0.3) is 0 Å². The molecule has 0 saturated carbocycles. The quantitative estimate of drug-likeness (QED) is 0.418. The van der Waals surface area contributed by atoms with E-state index in [-0.39, 0.29) is 0 Å². The maximum absolute atomic E-state index is 5.70. The summed E-state index contributed by atoms with van der Waals surface area (Å²) in [7, 11) is 3.44. The summed E-state index contributed by atoms with van der Waals surface area (Å²) in [6.45, 7) is 2.91. The fourth-order valence-electron chi connectivity index (χ4n) is 2.10. The summed E-state index contributed by atoms with van der Waals surface area (Å²) in [4.78, 5) is 8.25. The number of methoxy groups -OCH3 is 1. The van der Waals surface area contributed by atoms with E-state index < -0.39 is 0 Å². The van der Waals surface area contributed by atoms with Crippen LogP contribution in [0.1, 0.15) is 6.42 Å². The molecule has 0 aliphatic rings. The average molecular weight is 331 g/mol. The molecule has 2 rings (SSSR count). The first kappa shape index (κ1) is 17.8. The summed E-state index contributed by atoms with van der Waals surface area (Å²) < 4.78 is 12.7. The predicted octanol–water partition coefficient (Wildman–Crippen LogP) is 1.99. The van der Waals surface area contributed by atoms with Gasteiger partial charge in [0.05, 0.1) is 12.9 Å². The SMILES string of the molecule is CN=C(NCCn1ccnc1)Nc1cccc(OCCCOC)c1. The van der Waals surface area contributed by atoms with Gasteiger partial charge in [-0.25, -0.2) is 4.98 Å². The van der Waals surface area contributed by atoms with Gasteiger partial charge in [0.2, 0.25) is 0 Å². The Hall–Kier alpha value is -2.54. The molecule has 2 aromatic rings. The van der Waals surface area contributed by atoms with Crippen LogP contribution in [0.2, 0.25) is 0 Å². The zero-order chi connectivity index (χ0) is 17.0. The molecule has 0 saturated heterocycles. The minimum Gasteiger partial charge on any atom is -0.493 e. The first-order valence-electron chi connectivity index (χ1n) is 7.97. The van der Waals surface area contributed by atoms with E-state index in [1.54, 1.807) is 26.7 Å². The highest BCUT2D eigenvalue weighted by atomic mass is 16.5. The van der Waals surface area contributed by atoms with Gasteiger partial charge < -0.3 is 24.7 Å². The number of benzene rings is 1. The third-order valence-electron chi connectivity index (χ3n) is 3.30. The predicted molar refractivity (Wildman–Crippen MR) is 95.6 cm³/mol. The van der Waals surface area contributed by atoms with Gasteiger partial charge in [-0.05, 0) is 12.1 Å². The second-order valence-corrected chi connectivity index (χ2v) is 5.15. The minimum absolute atomic E-state index is 0.634. The molecule has 0 unspecified atom stereocenters. The van der Waals surface area contributed by atoms with Gasteiger partial charge in [-0.3, -0.25) is 4.99 Å². The van der Waals surface area contributed by atoms with Crippen LogP contribution in [0.3, 0.4) is 0 Å². The van der Waals surface area contributed by atoms with Crippen molar-refractivity contribution in [3.05, 3.63) is 43.0 Å². The molecule has 0 fully saturated rings. The van der Waals surface area contributed by atoms with Crippen molar-refractivity contribution in [1.82, 2.24) is 14.9 Å². The number of imidazole rings is 1. The smallest absolute Gasteiger partial charge is 0.195 e. The summed E-state index contributed by atoms with van der Waals surface area (Å²) >= 11 is 0. The zero-order valence-electron chi connectivity index (χ0n) is 14.2. The number of nitrogens with one attached hydrogen (secondary N) is 2. The van der Waals surface area contributed by atoms with Crippen LogP contribution in [0.15, 0.2) is 48.0 Å². The van der Waals surface area contributed by atoms with Gasteiger partial charge >= 0.3 is 0 Å². The maximum atomic E-state index is 5.70. The van der Waals surface area contributed by atoms with E-state index in [1.165, 1.54) is 0 Å². The number of guanidine groups is 1. The zero-order valence-corrected chi connectivity index (χ0v) is 14.2.